The summed E-state index contributed by atoms with van der Waals surface area (Å²) in [5.41, 5.74) is -2.25. The van der Waals surface area contributed by atoms with Crippen LogP contribution in [-0.4, -0.2) is 43.2 Å². The summed E-state index contributed by atoms with van der Waals surface area (Å²) in [6, 6.07) is 3.84. The van der Waals surface area contributed by atoms with Gasteiger partial charge in [0.1, 0.15) is 16.3 Å². The fourth-order valence-electron chi connectivity index (χ4n) is 4.50. The fourth-order valence-corrected chi connectivity index (χ4v) is 5.49. The van der Waals surface area contributed by atoms with Crippen molar-refractivity contribution in [1.29, 1.82) is 0 Å². The number of aliphatic hydroxyl groups is 1. The summed E-state index contributed by atoms with van der Waals surface area (Å²) < 4.78 is 44.3. The van der Waals surface area contributed by atoms with Crippen molar-refractivity contribution in [2.45, 2.75) is 44.9 Å². The van der Waals surface area contributed by atoms with Crippen molar-refractivity contribution >= 4 is 28.9 Å². The summed E-state index contributed by atoms with van der Waals surface area (Å²) in [6.45, 7) is 3.64. The standard InChI is InChI=1S/C23H24F3N5O4S/c1-21(2)11-22(34,6-4-13(21)18(32)33)19-28-10-15(36-19)14-8-12(9-17(30-14)35-3)29-20-27-7-5-16(31-20)23(24,25)26/h5,7-10,13,34H,4,6,11H2,1-3H3,(H,32,33)(H,27,29,30,31)/t13-,22+/m0/s1. The zero-order valence-electron chi connectivity index (χ0n) is 19.6. The van der Waals surface area contributed by atoms with Crippen LogP contribution in [0.15, 0.2) is 30.6 Å². The highest BCUT2D eigenvalue weighted by Crippen LogP contribution is 2.50. The van der Waals surface area contributed by atoms with Crippen LogP contribution in [0.2, 0.25) is 0 Å². The number of anilines is 2. The maximum atomic E-state index is 13.0. The molecule has 13 heteroatoms. The van der Waals surface area contributed by atoms with Gasteiger partial charge in [0.2, 0.25) is 11.8 Å². The van der Waals surface area contributed by atoms with Gasteiger partial charge in [0, 0.05) is 24.1 Å². The lowest BCUT2D eigenvalue weighted by molar-refractivity contribution is -0.154. The Hall–Kier alpha value is -3.32. The van der Waals surface area contributed by atoms with Crippen molar-refractivity contribution in [3.05, 3.63) is 41.3 Å². The minimum atomic E-state index is -4.61. The van der Waals surface area contributed by atoms with Gasteiger partial charge in [-0.1, -0.05) is 13.8 Å². The second kappa shape index (κ2) is 9.28. The van der Waals surface area contributed by atoms with Crippen LogP contribution >= 0.6 is 11.3 Å². The van der Waals surface area contributed by atoms with Gasteiger partial charge in [0.05, 0.1) is 23.6 Å². The monoisotopic (exact) mass is 523 g/mol. The number of thiazole rings is 1. The Morgan fingerprint density at radius 1 is 1.25 bits per heavy atom. The zero-order valence-corrected chi connectivity index (χ0v) is 20.4. The highest BCUT2D eigenvalue weighted by atomic mass is 32.1. The molecule has 1 aliphatic rings. The number of pyridine rings is 1. The van der Waals surface area contributed by atoms with Crippen LogP contribution in [0.25, 0.3) is 10.6 Å². The molecule has 0 unspecified atom stereocenters. The van der Waals surface area contributed by atoms with Gasteiger partial charge in [0.15, 0.2) is 0 Å². The number of carboxylic acid groups (broad SMARTS) is 1. The molecular formula is C23H24F3N5O4S. The van der Waals surface area contributed by atoms with E-state index in [0.717, 1.165) is 12.3 Å². The van der Waals surface area contributed by atoms with E-state index in [1.165, 1.54) is 24.5 Å². The van der Waals surface area contributed by atoms with Crippen molar-refractivity contribution < 1.29 is 32.9 Å². The molecule has 0 spiro atoms. The van der Waals surface area contributed by atoms with Crippen LogP contribution in [-0.2, 0) is 16.6 Å². The lowest BCUT2D eigenvalue weighted by Gasteiger charge is -2.44. The van der Waals surface area contributed by atoms with Gasteiger partial charge >= 0.3 is 12.1 Å². The number of carboxylic acids is 1. The molecule has 1 aliphatic carbocycles. The summed E-state index contributed by atoms with van der Waals surface area (Å²) in [6.07, 6.45) is -1.26. The molecule has 9 nitrogen and oxygen atoms in total. The predicted octanol–water partition coefficient (Wildman–Crippen LogP) is 4.86. The van der Waals surface area contributed by atoms with Crippen molar-refractivity contribution in [3.8, 4) is 16.5 Å². The molecule has 0 bridgehead atoms. The van der Waals surface area contributed by atoms with Crippen LogP contribution in [0, 0.1) is 11.3 Å². The highest BCUT2D eigenvalue weighted by Gasteiger charge is 2.49. The number of nitrogens with one attached hydrogen (secondary N) is 1. The number of nitrogens with zero attached hydrogens (tertiary/aromatic N) is 4. The molecule has 0 amide bonds. The van der Waals surface area contributed by atoms with Gasteiger partial charge in [-0.25, -0.2) is 19.9 Å². The number of aromatic nitrogens is 4. The van der Waals surface area contributed by atoms with E-state index in [2.05, 4.69) is 25.3 Å². The maximum Gasteiger partial charge on any atom is 0.433 e. The first-order valence-electron chi connectivity index (χ1n) is 11.0. The zero-order chi connectivity index (χ0) is 26.3. The molecule has 4 rings (SSSR count). The Labute approximate surface area is 208 Å². The average Bonchev–Trinajstić information content (AvgIpc) is 3.29. The first-order chi connectivity index (χ1) is 16.8. The minimum absolute atomic E-state index is 0.193. The molecule has 0 aliphatic heterocycles. The molecule has 0 radical (unpaired) electrons. The summed E-state index contributed by atoms with van der Waals surface area (Å²) in [4.78, 5) is 28.3. The number of aliphatic carboxylic acids is 1. The Balaban J connectivity index is 1.62. The lowest BCUT2D eigenvalue weighted by atomic mass is 9.63. The van der Waals surface area contributed by atoms with E-state index in [4.69, 9.17) is 4.74 Å². The number of rotatable bonds is 6. The molecule has 192 valence electrons. The number of hydrogen-bond acceptors (Lipinski definition) is 9. The number of alkyl halides is 3. The van der Waals surface area contributed by atoms with Gasteiger partial charge < -0.3 is 20.3 Å². The third-order valence-corrected chi connectivity index (χ3v) is 7.42. The van der Waals surface area contributed by atoms with Gasteiger partial charge in [-0.15, -0.1) is 11.3 Å². The van der Waals surface area contributed by atoms with Crippen LogP contribution in [0.4, 0.5) is 24.8 Å². The molecule has 1 saturated carbocycles. The molecule has 0 aromatic carbocycles. The largest absolute Gasteiger partial charge is 0.481 e. The topological polar surface area (TPSA) is 130 Å². The number of carbonyl (C=O) groups is 1. The Morgan fingerprint density at radius 2 is 2.00 bits per heavy atom. The normalized spacial score (nSPS) is 21.7. The van der Waals surface area contributed by atoms with E-state index in [9.17, 15) is 28.2 Å². The maximum absolute atomic E-state index is 13.0. The second-order valence-electron chi connectivity index (χ2n) is 9.33. The molecule has 3 heterocycles. The average molecular weight is 524 g/mol. The van der Waals surface area contributed by atoms with Gasteiger partial charge in [0.25, 0.3) is 0 Å². The van der Waals surface area contributed by atoms with Gasteiger partial charge in [-0.2, -0.15) is 13.2 Å². The van der Waals surface area contributed by atoms with Crippen LogP contribution in [0.1, 0.15) is 43.8 Å². The molecule has 0 saturated heterocycles. The first-order valence-corrected chi connectivity index (χ1v) is 11.8. The molecule has 3 N–H and O–H groups in total. The van der Waals surface area contributed by atoms with Crippen LogP contribution in [0.3, 0.4) is 0 Å². The number of halogens is 3. The van der Waals surface area contributed by atoms with Crippen molar-refractivity contribution in [2.75, 3.05) is 12.4 Å². The van der Waals surface area contributed by atoms with Crippen molar-refractivity contribution in [3.63, 3.8) is 0 Å². The third kappa shape index (κ3) is 5.26. The van der Waals surface area contributed by atoms with Gasteiger partial charge in [-0.05, 0) is 36.8 Å². The Morgan fingerprint density at radius 3 is 2.64 bits per heavy atom. The third-order valence-electron chi connectivity index (χ3n) is 6.21. The fraction of sp³-hybridized carbons (Fsp3) is 0.435. The second-order valence-corrected chi connectivity index (χ2v) is 10.4. The van der Waals surface area contributed by atoms with Crippen LogP contribution in [0.5, 0.6) is 5.88 Å². The lowest BCUT2D eigenvalue weighted by Crippen LogP contribution is -2.44. The SMILES string of the molecule is COc1cc(Nc2nccc(C(F)(F)F)n2)cc(-c2cnc([C@@]3(O)CC[C@@H](C(=O)O)C(C)(C)C3)s2)n1. The molecular weight excluding hydrogens is 499 g/mol. The van der Waals surface area contributed by atoms with Crippen molar-refractivity contribution in [2.24, 2.45) is 11.3 Å². The van der Waals surface area contributed by atoms with E-state index in [1.807, 2.05) is 13.8 Å². The van der Waals surface area contributed by atoms with E-state index in [0.29, 0.717) is 27.7 Å². The summed E-state index contributed by atoms with van der Waals surface area (Å²) >= 11 is 1.21. The van der Waals surface area contributed by atoms with E-state index >= 15 is 0 Å². The molecule has 3 aromatic heterocycles. The van der Waals surface area contributed by atoms with E-state index < -0.39 is 34.8 Å². The highest BCUT2D eigenvalue weighted by molar-refractivity contribution is 7.15. The molecule has 36 heavy (non-hydrogen) atoms. The van der Waals surface area contributed by atoms with E-state index in [1.54, 1.807) is 12.3 Å². The first kappa shape index (κ1) is 25.8. The number of hydrogen-bond donors (Lipinski definition) is 3. The summed E-state index contributed by atoms with van der Waals surface area (Å²) in [5, 5.41) is 24.1. The Bertz CT molecular complexity index is 1280. The smallest absolute Gasteiger partial charge is 0.433 e. The van der Waals surface area contributed by atoms with Gasteiger partial charge in [-0.3, -0.25) is 4.79 Å². The molecule has 1 fully saturated rings. The minimum Gasteiger partial charge on any atom is -0.481 e. The van der Waals surface area contributed by atoms with Crippen LogP contribution < -0.4 is 10.1 Å². The van der Waals surface area contributed by atoms with Crippen molar-refractivity contribution in [1.82, 2.24) is 19.9 Å². The predicted molar refractivity (Wildman–Crippen MR) is 125 cm³/mol. The number of methoxy groups -OCH3 is 1. The summed E-state index contributed by atoms with van der Waals surface area (Å²) in [7, 11) is 1.40. The number of ether oxygens (including phenoxy) is 1. The molecule has 3 aromatic rings. The molecule has 2 atom stereocenters. The summed E-state index contributed by atoms with van der Waals surface area (Å²) in [5.74, 6) is -1.50. The quantitative estimate of drug-likeness (QED) is 0.414. The van der Waals surface area contributed by atoms with E-state index in [-0.39, 0.29) is 24.7 Å². The Kier molecular flexibility index (Phi) is 6.64.